The number of hydrogen-bond donors (Lipinski definition) is 0. The molecule has 0 saturated carbocycles. The van der Waals surface area contributed by atoms with Gasteiger partial charge in [0.05, 0.1) is 0 Å². The Morgan fingerprint density at radius 1 is 0.481 bits per heavy atom. The predicted octanol–water partition coefficient (Wildman–Crippen LogP) is 5.61. The van der Waals surface area contributed by atoms with Crippen molar-refractivity contribution in [1.82, 2.24) is 0 Å². The molecular weight excluding hydrogens is 411 g/mol. The van der Waals surface area contributed by atoms with E-state index in [1.807, 2.05) is 0 Å². The summed E-state index contributed by atoms with van der Waals surface area (Å²) in [5.41, 5.74) is 2.77. The minimum Gasteiger partial charge on any atom is -0.114 e. The molecule has 4 aromatic rings. The number of hydrogen-bond acceptors (Lipinski definition) is 0. The van der Waals surface area contributed by atoms with E-state index in [2.05, 4.69) is 115 Å². The van der Waals surface area contributed by atoms with E-state index in [4.69, 9.17) is 0 Å². The Balaban J connectivity index is 0.00000210. The van der Waals surface area contributed by atoms with E-state index in [0.29, 0.717) is 0 Å². The molecule has 0 aliphatic carbocycles. The topological polar surface area (TPSA) is 0 Å². The summed E-state index contributed by atoms with van der Waals surface area (Å²) in [5.74, 6) is 0. The second kappa shape index (κ2) is 9.65. The summed E-state index contributed by atoms with van der Waals surface area (Å²) >= 11 is 0. The van der Waals surface area contributed by atoms with Crippen LogP contribution in [0.5, 0.6) is 0 Å². The van der Waals surface area contributed by atoms with E-state index in [1.54, 1.807) is 0 Å². The molecule has 0 aliphatic heterocycles. The van der Waals surface area contributed by atoms with E-state index in [1.165, 1.54) is 27.0 Å². The molecule has 0 spiro atoms. The zero-order valence-corrected chi connectivity index (χ0v) is 17.6. The molecule has 0 aromatic heterocycles. The van der Waals surface area contributed by atoms with E-state index in [0.717, 1.165) is 6.42 Å². The van der Waals surface area contributed by atoms with Crippen LogP contribution in [0.15, 0.2) is 115 Å². The Morgan fingerprint density at radius 2 is 0.926 bits per heavy atom. The Kier molecular flexibility index (Phi) is 6.98. The maximum Gasteiger partial charge on any atom is -0.00192 e. The van der Waals surface area contributed by atoms with Crippen LogP contribution in [-0.4, -0.2) is 0 Å². The maximum absolute atomic E-state index is 2.31. The molecule has 0 bridgehead atoms. The van der Waals surface area contributed by atoms with Crippen LogP contribution in [0.4, 0.5) is 0 Å². The largest absolute Gasteiger partial charge is 0.114 e. The van der Waals surface area contributed by atoms with Gasteiger partial charge in [0, 0.05) is 0 Å². The third-order valence-corrected chi connectivity index (χ3v) is 7.05. The van der Waals surface area contributed by atoms with Gasteiger partial charge in [0.15, 0.2) is 0 Å². The third kappa shape index (κ3) is 4.75. The second-order valence-corrected chi connectivity index (χ2v) is 8.48. The molecule has 0 nitrogen and oxygen atoms in total. The fourth-order valence-corrected chi connectivity index (χ4v) is 5.75. The van der Waals surface area contributed by atoms with E-state index in [9.17, 15) is 0 Å². The first-order chi connectivity index (χ1) is 12.9. The first kappa shape index (κ1) is 19.5. The highest BCUT2D eigenvalue weighted by Gasteiger charge is 2.19. The zero-order valence-electron chi connectivity index (χ0n) is 15.0. The molecule has 0 unspecified atom stereocenters. The van der Waals surface area contributed by atoms with Crippen molar-refractivity contribution in [3.8, 4) is 0 Å². The highest BCUT2D eigenvalue weighted by molar-refractivity contribution is 8.93. The lowest BCUT2D eigenvalue weighted by molar-refractivity contribution is 1.21. The van der Waals surface area contributed by atoms with Gasteiger partial charge >= 0.3 is 0 Å². The van der Waals surface area contributed by atoms with Gasteiger partial charge in [-0.3, -0.25) is 0 Å². The molecule has 4 rings (SSSR count). The fraction of sp³-hybridized carbons (Fsp3) is 0.0400. The summed E-state index contributed by atoms with van der Waals surface area (Å²) < 4.78 is 0. The van der Waals surface area contributed by atoms with Crippen molar-refractivity contribution in [3.05, 3.63) is 126 Å². The molecule has 0 radical (unpaired) electrons. The highest BCUT2D eigenvalue weighted by Crippen LogP contribution is 2.34. The Bertz CT molecular complexity index is 913. The van der Waals surface area contributed by atoms with Crippen LogP contribution >= 0.6 is 24.9 Å². The van der Waals surface area contributed by atoms with Gasteiger partial charge in [0.2, 0.25) is 0 Å². The van der Waals surface area contributed by atoms with E-state index >= 15 is 0 Å². The van der Waals surface area contributed by atoms with Crippen molar-refractivity contribution < 1.29 is 0 Å². The van der Waals surface area contributed by atoms with Crippen molar-refractivity contribution in [1.29, 1.82) is 0 Å². The molecule has 2 heteroatoms. The van der Waals surface area contributed by atoms with Gasteiger partial charge in [0.25, 0.3) is 0 Å². The lowest BCUT2D eigenvalue weighted by Crippen LogP contribution is -2.23. The van der Waals surface area contributed by atoms with Crippen molar-refractivity contribution in [2.24, 2.45) is 0 Å². The molecule has 4 aromatic carbocycles. The molecule has 0 fully saturated rings. The monoisotopic (exact) mass is 432 g/mol. The summed E-state index contributed by atoms with van der Waals surface area (Å²) in [7, 11) is -0.563. The van der Waals surface area contributed by atoms with Crippen LogP contribution in [0.2, 0.25) is 0 Å². The van der Waals surface area contributed by atoms with Gasteiger partial charge in [-0.1, -0.05) is 115 Å². The minimum atomic E-state index is -0.563. The SMILES string of the molecule is Br.c1ccc(Cc2ccccc2P(c2ccccc2)c2ccccc2)cc1. The van der Waals surface area contributed by atoms with Gasteiger partial charge in [-0.2, -0.15) is 0 Å². The minimum absolute atomic E-state index is 0. The first-order valence-corrected chi connectivity index (χ1v) is 10.3. The third-order valence-electron chi connectivity index (χ3n) is 4.50. The molecule has 0 heterocycles. The van der Waals surface area contributed by atoms with Crippen LogP contribution in [0, 0.1) is 0 Å². The van der Waals surface area contributed by atoms with Gasteiger partial charge in [-0.25, -0.2) is 0 Å². The van der Waals surface area contributed by atoms with Crippen molar-refractivity contribution in [2.45, 2.75) is 6.42 Å². The maximum atomic E-state index is 2.31. The summed E-state index contributed by atoms with van der Waals surface area (Å²) in [4.78, 5) is 0. The molecule has 0 atom stereocenters. The first-order valence-electron chi connectivity index (χ1n) is 8.94. The van der Waals surface area contributed by atoms with Gasteiger partial charge < -0.3 is 0 Å². The fourth-order valence-electron chi connectivity index (χ4n) is 3.28. The van der Waals surface area contributed by atoms with Crippen LogP contribution in [0.25, 0.3) is 0 Å². The van der Waals surface area contributed by atoms with Crippen LogP contribution in [0.3, 0.4) is 0 Å². The average Bonchev–Trinajstić information content (AvgIpc) is 2.72. The van der Waals surface area contributed by atoms with Crippen molar-refractivity contribution >= 4 is 40.8 Å². The number of halogens is 1. The lowest BCUT2D eigenvalue weighted by atomic mass is 10.1. The van der Waals surface area contributed by atoms with Gasteiger partial charge in [0.1, 0.15) is 0 Å². The number of rotatable bonds is 5. The summed E-state index contributed by atoms with van der Waals surface area (Å²) in [6.45, 7) is 0. The number of benzene rings is 4. The molecule has 0 amide bonds. The zero-order chi connectivity index (χ0) is 17.6. The standard InChI is InChI=1S/C25H21P.BrH/c1-4-12-21(13-5-1)20-22-14-10-11-19-25(22)26(23-15-6-2-7-16-23)24-17-8-3-9-18-24;/h1-19H,20H2;1H. The second-order valence-electron chi connectivity index (χ2n) is 6.30. The Hall–Kier alpha value is -2.21. The Labute approximate surface area is 173 Å². The summed E-state index contributed by atoms with van der Waals surface area (Å²) in [5, 5.41) is 4.24. The molecular formula is C25H22BrP. The molecule has 134 valence electrons. The van der Waals surface area contributed by atoms with Crippen LogP contribution < -0.4 is 15.9 Å². The molecule has 0 N–H and O–H groups in total. The van der Waals surface area contributed by atoms with Crippen LogP contribution in [0.1, 0.15) is 11.1 Å². The molecule has 27 heavy (non-hydrogen) atoms. The molecule has 0 aliphatic rings. The summed E-state index contributed by atoms with van der Waals surface area (Å²) in [6.07, 6.45) is 0.968. The van der Waals surface area contributed by atoms with Crippen molar-refractivity contribution in [2.75, 3.05) is 0 Å². The van der Waals surface area contributed by atoms with E-state index < -0.39 is 7.92 Å². The smallest absolute Gasteiger partial charge is 0.00192 e. The van der Waals surface area contributed by atoms with E-state index in [-0.39, 0.29) is 17.0 Å². The van der Waals surface area contributed by atoms with Crippen molar-refractivity contribution in [3.63, 3.8) is 0 Å². The highest BCUT2D eigenvalue weighted by atomic mass is 79.9. The summed E-state index contributed by atoms with van der Waals surface area (Å²) in [6, 6.07) is 41.5. The van der Waals surface area contributed by atoms with Crippen LogP contribution in [-0.2, 0) is 6.42 Å². The average molecular weight is 433 g/mol. The van der Waals surface area contributed by atoms with Gasteiger partial charge in [-0.05, 0) is 41.4 Å². The van der Waals surface area contributed by atoms with Gasteiger partial charge in [-0.15, -0.1) is 17.0 Å². The quantitative estimate of drug-likeness (QED) is 0.359. The Morgan fingerprint density at radius 3 is 1.48 bits per heavy atom. The molecule has 0 saturated heterocycles. The predicted molar refractivity (Wildman–Crippen MR) is 125 cm³/mol. The lowest BCUT2D eigenvalue weighted by Gasteiger charge is -2.22. The normalized spacial score (nSPS) is 10.4.